The van der Waals surface area contributed by atoms with Crippen molar-refractivity contribution < 1.29 is 28.2 Å². The molecule has 2 amide bonds. The molecule has 2 aliphatic heterocycles. The van der Waals surface area contributed by atoms with E-state index < -0.39 is 10.6 Å². The smallest absolute Gasteiger partial charge is 0.350 e. The van der Waals surface area contributed by atoms with E-state index in [4.69, 9.17) is 83.1 Å². The van der Waals surface area contributed by atoms with Crippen molar-refractivity contribution in [2.75, 3.05) is 37.3 Å². The minimum Gasteiger partial charge on any atom is -0.479 e. The van der Waals surface area contributed by atoms with Crippen LogP contribution in [0.2, 0.25) is 10.0 Å². The molecule has 2 aromatic carbocycles. The van der Waals surface area contributed by atoms with Crippen molar-refractivity contribution in [1.82, 2.24) is 19.2 Å². The maximum Gasteiger partial charge on any atom is 0.350 e. The molecule has 0 bridgehead atoms. The number of alkyl halides is 3. The number of carbonyl (C=O) groups is 2. The highest BCUT2D eigenvalue weighted by Crippen LogP contribution is 2.37. The molecule has 4 heterocycles. The molecule has 0 spiro atoms. The van der Waals surface area contributed by atoms with Gasteiger partial charge in [0, 0.05) is 25.6 Å². The molecule has 1 saturated heterocycles. The van der Waals surface area contributed by atoms with Crippen LogP contribution in [0.1, 0.15) is 69.4 Å². The third-order valence-corrected chi connectivity index (χ3v) is 10.3. The second-order valence-electron chi connectivity index (χ2n) is 13.3. The molecule has 0 radical (unpaired) electrons. The molecule has 308 valence electrons. The van der Waals surface area contributed by atoms with E-state index in [0.29, 0.717) is 46.9 Å². The lowest BCUT2D eigenvalue weighted by Gasteiger charge is -2.29. The van der Waals surface area contributed by atoms with Crippen LogP contribution in [-0.2, 0) is 38.4 Å². The van der Waals surface area contributed by atoms with Gasteiger partial charge in [0.05, 0.1) is 34.2 Å². The number of halogens is 5. The first-order valence-electron chi connectivity index (χ1n) is 18.3. The van der Waals surface area contributed by atoms with Gasteiger partial charge in [0.25, 0.3) is 5.91 Å². The highest BCUT2D eigenvalue weighted by atomic mass is 35.5. The van der Waals surface area contributed by atoms with Gasteiger partial charge in [0.15, 0.2) is 4.84 Å². The monoisotopic (exact) mass is 883 g/mol. The molecule has 0 saturated carbocycles. The summed E-state index contributed by atoms with van der Waals surface area (Å²) in [5.74, 6) is 3.68. The highest BCUT2D eigenvalue weighted by Gasteiger charge is 2.45. The summed E-state index contributed by atoms with van der Waals surface area (Å²) < 4.78 is 24.8. The third kappa shape index (κ3) is 11.5. The molecular weight excluding hydrogens is 840 g/mol. The molecule has 2 aliphatic rings. The minimum absolute atomic E-state index is 0.0371. The number of aryl methyl sites for hydroxylation is 3. The molecule has 1 unspecified atom stereocenters. The van der Waals surface area contributed by atoms with Gasteiger partial charge in [-0.05, 0) is 76.3 Å². The normalized spacial score (nSPS) is 15.5. The topological polar surface area (TPSA) is 121 Å². The molecule has 0 N–H and O–H groups in total. The van der Waals surface area contributed by atoms with Crippen molar-refractivity contribution in [2.45, 2.75) is 83.5 Å². The van der Waals surface area contributed by atoms with Gasteiger partial charge >= 0.3 is 5.69 Å². The Labute approximate surface area is 357 Å². The van der Waals surface area contributed by atoms with Crippen LogP contribution >= 0.6 is 58.0 Å². The zero-order chi connectivity index (χ0) is 41.9. The van der Waals surface area contributed by atoms with Crippen LogP contribution in [0.25, 0.3) is 5.69 Å². The highest BCUT2D eigenvalue weighted by molar-refractivity contribution is 6.53. The number of para-hydroxylation sites is 1. The summed E-state index contributed by atoms with van der Waals surface area (Å²) in [4.78, 5) is 38.3. The van der Waals surface area contributed by atoms with Gasteiger partial charge in [-0.15, -0.1) is 23.1 Å². The molecule has 57 heavy (non-hydrogen) atoms. The number of ether oxygens (including phenoxy) is 3. The fourth-order valence-electron chi connectivity index (χ4n) is 6.30. The van der Waals surface area contributed by atoms with Crippen molar-refractivity contribution in [1.29, 1.82) is 0 Å². The number of terminal acetylenes is 1. The standard InChI is InChI=1S/C15H13Cl2N3O2.C14H20ClNO2.C11H13Cl2NO3/c1-2-7-22-13-9-12(10(16)8-11(13)17)20-15(21)19-6-4-3-5-14(19)18-20;1-4-12-8-6-7-11(3)14(12)16(10-18-5-2)13(17)9-15;1-11(2)14(10(15)9(12)13)6-8(17-11)7-4-3-5-16-7/h1,8-9H,3-7H2;6-8H,4-5,9-10H2,1-3H3;3-5,8-9H,6H2,1-2H3. The number of benzene rings is 2. The first-order chi connectivity index (χ1) is 27.2. The summed E-state index contributed by atoms with van der Waals surface area (Å²) in [6.07, 6.45) is 10.1. The van der Waals surface area contributed by atoms with E-state index in [9.17, 15) is 14.4 Å². The third-order valence-electron chi connectivity index (χ3n) is 9.07. The molecule has 2 aromatic heterocycles. The number of aromatic nitrogens is 3. The Morgan fingerprint density at radius 2 is 1.88 bits per heavy atom. The summed E-state index contributed by atoms with van der Waals surface area (Å²) in [6, 6.07) is 12.7. The number of furan rings is 1. The van der Waals surface area contributed by atoms with Crippen molar-refractivity contribution in [3.05, 3.63) is 92.0 Å². The molecule has 17 heteroatoms. The molecular formula is C40H46Cl5N5O7. The number of rotatable bonds is 11. The predicted molar refractivity (Wildman–Crippen MR) is 224 cm³/mol. The second kappa shape index (κ2) is 21.4. The molecule has 4 aromatic rings. The molecule has 1 fully saturated rings. The summed E-state index contributed by atoms with van der Waals surface area (Å²) in [5, 5.41) is 5.04. The predicted octanol–water partition coefficient (Wildman–Crippen LogP) is 8.53. The van der Waals surface area contributed by atoms with E-state index >= 15 is 0 Å². The largest absolute Gasteiger partial charge is 0.479 e. The quantitative estimate of drug-likeness (QED) is 0.0836. The number of fused-ring (bicyclic) bond motifs is 1. The Balaban J connectivity index is 0.000000192. The van der Waals surface area contributed by atoms with Gasteiger partial charge in [-0.3, -0.25) is 19.1 Å². The first-order valence-corrected chi connectivity index (χ1v) is 20.4. The lowest BCUT2D eigenvalue weighted by Crippen LogP contribution is -2.45. The summed E-state index contributed by atoms with van der Waals surface area (Å²) in [7, 11) is 0. The van der Waals surface area contributed by atoms with Gasteiger partial charge in [-0.25, -0.2) is 4.79 Å². The lowest BCUT2D eigenvalue weighted by atomic mass is 10.0. The van der Waals surface area contributed by atoms with E-state index in [1.54, 1.807) is 41.7 Å². The average molecular weight is 886 g/mol. The second-order valence-corrected chi connectivity index (χ2v) is 15.5. The van der Waals surface area contributed by atoms with Crippen molar-refractivity contribution in [2.24, 2.45) is 0 Å². The van der Waals surface area contributed by atoms with Gasteiger partial charge < -0.3 is 23.5 Å². The zero-order valence-electron chi connectivity index (χ0n) is 32.4. The Morgan fingerprint density at radius 3 is 2.49 bits per heavy atom. The summed E-state index contributed by atoms with van der Waals surface area (Å²) in [5.41, 5.74) is 2.61. The maximum absolute atomic E-state index is 12.5. The van der Waals surface area contributed by atoms with Gasteiger partial charge in [-0.1, -0.05) is 77.4 Å². The Hall–Kier alpha value is -3.67. The zero-order valence-corrected chi connectivity index (χ0v) is 36.2. The number of nitrogens with zero attached hydrogens (tertiary/aromatic N) is 5. The number of hydrogen-bond acceptors (Lipinski definition) is 8. The molecule has 0 aliphatic carbocycles. The fraction of sp³-hybridized carbons (Fsp3) is 0.450. The van der Waals surface area contributed by atoms with E-state index in [1.807, 2.05) is 38.1 Å². The summed E-state index contributed by atoms with van der Waals surface area (Å²) >= 11 is 29.2. The average Bonchev–Trinajstić information content (AvgIpc) is 3.93. The number of carbonyl (C=O) groups excluding carboxylic acids is 2. The van der Waals surface area contributed by atoms with Crippen molar-refractivity contribution in [3.8, 4) is 23.8 Å². The lowest BCUT2D eigenvalue weighted by molar-refractivity contribution is -0.144. The minimum atomic E-state index is -1.08. The fourth-order valence-corrected chi connectivity index (χ4v) is 7.20. The van der Waals surface area contributed by atoms with Crippen LogP contribution in [0.5, 0.6) is 5.75 Å². The molecule has 1 atom stereocenters. The van der Waals surface area contributed by atoms with Gasteiger partial charge in [0.2, 0.25) is 5.91 Å². The number of amides is 2. The van der Waals surface area contributed by atoms with Crippen molar-refractivity contribution >= 4 is 75.5 Å². The van der Waals surface area contributed by atoms with Crippen LogP contribution in [0.3, 0.4) is 0 Å². The Bertz CT molecular complexity index is 2080. The van der Waals surface area contributed by atoms with E-state index in [2.05, 4.69) is 17.9 Å². The van der Waals surface area contributed by atoms with Crippen LogP contribution in [-0.4, -0.2) is 74.0 Å². The van der Waals surface area contributed by atoms with Crippen LogP contribution in [0.4, 0.5) is 5.69 Å². The van der Waals surface area contributed by atoms with Crippen LogP contribution in [0, 0.1) is 19.3 Å². The number of anilines is 1. The van der Waals surface area contributed by atoms with Gasteiger partial charge in [-0.2, -0.15) is 4.68 Å². The Kier molecular flexibility index (Phi) is 17.3. The molecule has 6 rings (SSSR count). The van der Waals surface area contributed by atoms with Gasteiger partial charge in [0.1, 0.15) is 48.4 Å². The van der Waals surface area contributed by atoms with Crippen LogP contribution < -0.4 is 15.3 Å². The van der Waals surface area contributed by atoms with Crippen molar-refractivity contribution in [3.63, 3.8) is 0 Å². The summed E-state index contributed by atoms with van der Waals surface area (Å²) in [6.45, 7) is 11.5. The van der Waals surface area contributed by atoms with E-state index in [-0.39, 0.29) is 42.8 Å². The Morgan fingerprint density at radius 1 is 1.12 bits per heavy atom. The molecule has 12 nitrogen and oxygen atoms in total. The first kappa shape index (κ1) is 46.0. The SMILES string of the molecule is C#CCOc1cc(-n2nc3n(c2=O)CCCC3)c(Cl)cc1Cl.CC1(C)OC(c2ccco2)CN1C(=O)C(Cl)Cl.CCOCN(C(=O)CCl)c1c(C)cccc1CC. The van der Waals surface area contributed by atoms with Crippen LogP contribution in [0.15, 0.2) is 57.9 Å². The number of hydrogen-bond donors (Lipinski definition) is 0. The van der Waals surface area contributed by atoms with E-state index in [0.717, 1.165) is 48.3 Å². The maximum atomic E-state index is 12.5. The van der Waals surface area contributed by atoms with E-state index in [1.165, 1.54) is 15.6 Å².